The standard InChI is InChI=1S/C31H31F3N4O4/c1-21(2)18-37(30(40)23-9-13-26(14-10-23)38(41)42)20-29(39)36(19-22-7-11-25(12-8-22)31(32,33)34)16-15-24-17-35-28-6-4-3-5-27(24)28/h3-14,17,21,35H,15-16,18-20H2,1-2H3. The van der Waals surface area contributed by atoms with Gasteiger partial charge in [-0.3, -0.25) is 19.7 Å². The Hall–Kier alpha value is -4.67. The normalized spacial score (nSPS) is 11.6. The van der Waals surface area contributed by atoms with Crippen molar-refractivity contribution in [2.24, 2.45) is 5.92 Å². The summed E-state index contributed by atoms with van der Waals surface area (Å²) < 4.78 is 39.3. The van der Waals surface area contributed by atoms with E-state index in [-0.39, 0.29) is 49.3 Å². The first-order valence-electron chi connectivity index (χ1n) is 13.4. The van der Waals surface area contributed by atoms with Gasteiger partial charge < -0.3 is 14.8 Å². The lowest BCUT2D eigenvalue weighted by Crippen LogP contribution is -2.44. The molecule has 4 rings (SSSR count). The van der Waals surface area contributed by atoms with Crippen LogP contribution in [-0.2, 0) is 23.9 Å². The first kappa shape index (κ1) is 30.3. The first-order valence-corrected chi connectivity index (χ1v) is 13.4. The predicted molar refractivity (Wildman–Crippen MR) is 153 cm³/mol. The molecule has 0 saturated heterocycles. The van der Waals surface area contributed by atoms with Crippen LogP contribution < -0.4 is 0 Å². The van der Waals surface area contributed by atoms with Crippen LogP contribution in [0, 0.1) is 16.0 Å². The minimum Gasteiger partial charge on any atom is -0.361 e. The number of carbonyl (C=O) groups excluding carboxylic acids is 2. The molecule has 0 saturated carbocycles. The van der Waals surface area contributed by atoms with E-state index in [1.165, 1.54) is 41.3 Å². The van der Waals surface area contributed by atoms with Gasteiger partial charge in [0.2, 0.25) is 5.91 Å². The van der Waals surface area contributed by atoms with E-state index >= 15 is 0 Å². The maximum absolute atomic E-state index is 13.7. The van der Waals surface area contributed by atoms with Crippen molar-refractivity contribution in [2.45, 2.75) is 33.0 Å². The van der Waals surface area contributed by atoms with Gasteiger partial charge in [0.05, 0.1) is 10.5 Å². The number of nitrogens with zero attached hydrogens (tertiary/aromatic N) is 3. The highest BCUT2D eigenvalue weighted by molar-refractivity contribution is 5.96. The molecule has 1 heterocycles. The second kappa shape index (κ2) is 12.9. The number of para-hydroxylation sites is 1. The van der Waals surface area contributed by atoms with Crippen molar-refractivity contribution in [2.75, 3.05) is 19.6 Å². The van der Waals surface area contributed by atoms with Gasteiger partial charge in [0, 0.05) is 54.4 Å². The predicted octanol–water partition coefficient (Wildman–Crippen LogP) is 6.46. The Balaban J connectivity index is 1.57. The van der Waals surface area contributed by atoms with Gasteiger partial charge in [-0.1, -0.05) is 44.2 Å². The van der Waals surface area contributed by atoms with E-state index in [0.717, 1.165) is 28.6 Å². The lowest BCUT2D eigenvalue weighted by Gasteiger charge is -2.29. The third-order valence-electron chi connectivity index (χ3n) is 6.86. The topological polar surface area (TPSA) is 99.6 Å². The summed E-state index contributed by atoms with van der Waals surface area (Å²) in [6.07, 6.45) is -2.12. The van der Waals surface area contributed by atoms with Gasteiger partial charge in [0.1, 0.15) is 6.54 Å². The Bertz CT molecular complexity index is 1550. The van der Waals surface area contributed by atoms with Crippen molar-refractivity contribution in [3.8, 4) is 0 Å². The van der Waals surface area contributed by atoms with Crippen molar-refractivity contribution in [3.63, 3.8) is 0 Å². The number of rotatable bonds is 11. The third kappa shape index (κ3) is 7.54. The first-order chi connectivity index (χ1) is 19.9. The van der Waals surface area contributed by atoms with Gasteiger partial charge in [-0.15, -0.1) is 0 Å². The number of H-pyrrole nitrogens is 1. The molecule has 2 amide bonds. The third-order valence-corrected chi connectivity index (χ3v) is 6.86. The molecule has 0 aliphatic heterocycles. The fourth-order valence-electron chi connectivity index (χ4n) is 4.74. The van der Waals surface area contributed by atoms with Crippen molar-refractivity contribution < 1.29 is 27.7 Å². The zero-order chi connectivity index (χ0) is 30.4. The molecule has 42 heavy (non-hydrogen) atoms. The number of hydrogen-bond acceptors (Lipinski definition) is 4. The van der Waals surface area contributed by atoms with Gasteiger partial charge in [-0.25, -0.2) is 0 Å². The number of amides is 2. The highest BCUT2D eigenvalue weighted by Crippen LogP contribution is 2.29. The molecule has 0 atom stereocenters. The fraction of sp³-hybridized carbons (Fsp3) is 0.290. The molecule has 0 bridgehead atoms. The van der Waals surface area contributed by atoms with Crippen molar-refractivity contribution in [1.29, 1.82) is 0 Å². The minimum absolute atomic E-state index is 0.0226. The van der Waals surface area contributed by atoms with E-state index in [4.69, 9.17) is 0 Å². The summed E-state index contributed by atoms with van der Waals surface area (Å²) in [6, 6.07) is 17.6. The molecular weight excluding hydrogens is 549 g/mol. The van der Waals surface area contributed by atoms with E-state index in [2.05, 4.69) is 4.98 Å². The largest absolute Gasteiger partial charge is 0.416 e. The molecule has 220 valence electrons. The number of aromatic nitrogens is 1. The number of nitro groups is 1. The maximum Gasteiger partial charge on any atom is 0.416 e. The lowest BCUT2D eigenvalue weighted by molar-refractivity contribution is -0.384. The average Bonchev–Trinajstić information content (AvgIpc) is 3.37. The van der Waals surface area contributed by atoms with Crippen LogP contribution in [0.4, 0.5) is 18.9 Å². The van der Waals surface area contributed by atoms with Crippen molar-refractivity contribution in [1.82, 2.24) is 14.8 Å². The van der Waals surface area contributed by atoms with Crippen LogP contribution >= 0.6 is 0 Å². The Morgan fingerprint density at radius 1 is 0.952 bits per heavy atom. The number of non-ortho nitro benzene ring substituents is 1. The summed E-state index contributed by atoms with van der Waals surface area (Å²) in [5.41, 5.74) is 1.73. The SMILES string of the molecule is CC(C)CN(CC(=O)N(CCc1c[nH]c2ccccc12)Cc1ccc(C(F)(F)F)cc1)C(=O)c1ccc([N+](=O)[O-])cc1. The Kier molecular flexibility index (Phi) is 9.29. The van der Waals surface area contributed by atoms with Crippen molar-refractivity contribution in [3.05, 3.63) is 111 Å². The van der Waals surface area contributed by atoms with Crippen LogP contribution in [0.3, 0.4) is 0 Å². The number of nitrogens with one attached hydrogen (secondary N) is 1. The van der Waals surface area contributed by atoms with Crippen LogP contribution in [0.25, 0.3) is 10.9 Å². The van der Waals surface area contributed by atoms with Crippen LogP contribution in [-0.4, -0.2) is 51.2 Å². The molecule has 8 nitrogen and oxygen atoms in total. The molecule has 0 aliphatic carbocycles. The summed E-state index contributed by atoms with van der Waals surface area (Å²) >= 11 is 0. The Labute approximate surface area is 240 Å². The van der Waals surface area contributed by atoms with Crippen LogP contribution in [0.15, 0.2) is 79.0 Å². The molecule has 1 N–H and O–H groups in total. The van der Waals surface area contributed by atoms with Gasteiger partial charge in [0.25, 0.3) is 11.6 Å². The quantitative estimate of drug-likeness (QED) is 0.162. The van der Waals surface area contributed by atoms with Gasteiger partial charge in [-0.05, 0) is 53.8 Å². The van der Waals surface area contributed by atoms with Gasteiger partial charge >= 0.3 is 6.18 Å². The number of alkyl halides is 3. The van der Waals surface area contributed by atoms with Crippen molar-refractivity contribution >= 4 is 28.4 Å². The summed E-state index contributed by atoms with van der Waals surface area (Å²) in [5.74, 6) is -0.793. The molecule has 4 aromatic rings. The second-order valence-electron chi connectivity index (χ2n) is 10.5. The molecule has 0 aliphatic rings. The highest BCUT2D eigenvalue weighted by atomic mass is 19.4. The summed E-state index contributed by atoms with van der Waals surface area (Å²) in [4.78, 5) is 43.7. The molecule has 3 aromatic carbocycles. The highest BCUT2D eigenvalue weighted by Gasteiger charge is 2.30. The number of benzene rings is 3. The number of aromatic amines is 1. The molecule has 0 spiro atoms. The minimum atomic E-state index is -4.47. The lowest BCUT2D eigenvalue weighted by atomic mass is 10.1. The zero-order valence-corrected chi connectivity index (χ0v) is 23.2. The maximum atomic E-state index is 13.7. The van der Waals surface area contributed by atoms with E-state index in [0.29, 0.717) is 12.0 Å². The molecule has 0 unspecified atom stereocenters. The molecule has 0 radical (unpaired) electrons. The van der Waals surface area contributed by atoms with Crippen LogP contribution in [0.1, 0.15) is 40.9 Å². The van der Waals surface area contributed by atoms with Crippen LogP contribution in [0.5, 0.6) is 0 Å². The Morgan fingerprint density at radius 2 is 1.62 bits per heavy atom. The Morgan fingerprint density at radius 3 is 2.24 bits per heavy atom. The number of nitro benzene ring substituents is 1. The fourth-order valence-corrected chi connectivity index (χ4v) is 4.74. The second-order valence-corrected chi connectivity index (χ2v) is 10.5. The molecule has 11 heteroatoms. The van der Waals surface area contributed by atoms with Gasteiger partial charge in [0.15, 0.2) is 0 Å². The summed E-state index contributed by atoms with van der Waals surface area (Å²) in [5, 5.41) is 12.0. The van der Waals surface area contributed by atoms with Gasteiger partial charge in [-0.2, -0.15) is 13.2 Å². The zero-order valence-electron chi connectivity index (χ0n) is 23.2. The number of carbonyl (C=O) groups is 2. The monoisotopic (exact) mass is 580 g/mol. The number of halogens is 3. The number of hydrogen-bond donors (Lipinski definition) is 1. The van der Waals surface area contributed by atoms with E-state index in [1.54, 1.807) is 4.90 Å². The van der Waals surface area contributed by atoms with E-state index in [9.17, 15) is 32.9 Å². The average molecular weight is 581 g/mol. The number of fused-ring (bicyclic) bond motifs is 1. The van der Waals surface area contributed by atoms with E-state index in [1.807, 2.05) is 44.3 Å². The summed E-state index contributed by atoms with van der Waals surface area (Å²) in [7, 11) is 0. The van der Waals surface area contributed by atoms with E-state index < -0.39 is 22.6 Å². The molecule has 1 aromatic heterocycles. The molecule has 0 fully saturated rings. The molecular formula is C31H31F3N4O4. The summed E-state index contributed by atoms with van der Waals surface area (Å²) in [6.45, 7) is 4.12. The smallest absolute Gasteiger partial charge is 0.361 e. The van der Waals surface area contributed by atoms with Crippen LogP contribution in [0.2, 0.25) is 0 Å².